The number of amides is 2. The third-order valence-electron chi connectivity index (χ3n) is 8.76. The maximum atomic E-state index is 14.1. The number of benzene rings is 1. The number of rotatable bonds is 5. The van der Waals surface area contributed by atoms with Crippen molar-refractivity contribution in [2.45, 2.75) is 73.9 Å². The largest absolute Gasteiger partial charge is 0.390 e. The molecule has 4 aliphatic rings. The first-order chi connectivity index (χ1) is 18.1. The zero-order valence-corrected chi connectivity index (χ0v) is 22.2. The number of aromatic nitrogens is 2. The van der Waals surface area contributed by atoms with Crippen LogP contribution in [0.3, 0.4) is 0 Å². The van der Waals surface area contributed by atoms with Crippen molar-refractivity contribution in [3.8, 4) is 0 Å². The van der Waals surface area contributed by atoms with Gasteiger partial charge in [0.2, 0.25) is 5.91 Å². The van der Waals surface area contributed by atoms with Crippen LogP contribution in [0, 0.1) is 12.8 Å². The maximum Gasteiger partial charge on any atom is 0.274 e. The third kappa shape index (κ3) is 4.33. The van der Waals surface area contributed by atoms with Crippen LogP contribution in [0.15, 0.2) is 29.2 Å². The molecule has 2 aliphatic carbocycles. The SMILES string of the molecule is Cc1ccccc1S(=O)(=O)C1CCN(C(=O)Cn2nc(C(=O)N3CC[C@H](O)[C@H](F)C3)c3c2C[C@H]2C[C@@H]32)CC1. The van der Waals surface area contributed by atoms with Gasteiger partial charge in [-0.1, -0.05) is 18.2 Å². The highest BCUT2D eigenvalue weighted by Gasteiger charge is 2.51. The number of aliphatic hydroxyl groups is 1. The summed E-state index contributed by atoms with van der Waals surface area (Å²) in [4.78, 5) is 30.0. The molecule has 204 valence electrons. The second-order valence-corrected chi connectivity index (χ2v) is 13.4. The first-order valence-electron chi connectivity index (χ1n) is 13.4. The second-order valence-electron chi connectivity index (χ2n) is 11.2. The topological polar surface area (TPSA) is 113 Å². The summed E-state index contributed by atoms with van der Waals surface area (Å²) < 4.78 is 42.1. The van der Waals surface area contributed by atoms with Gasteiger partial charge in [0, 0.05) is 30.9 Å². The summed E-state index contributed by atoms with van der Waals surface area (Å²) in [5.74, 6) is 0.255. The molecule has 2 aromatic rings. The molecule has 1 aromatic carbocycles. The number of hydrogen-bond acceptors (Lipinski definition) is 6. The number of aryl methyl sites for hydroxylation is 1. The lowest BCUT2D eigenvalue weighted by molar-refractivity contribution is -0.132. The van der Waals surface area contributed by atoms with E-state index in [-0.39, 0.29) is 43.8 Å². The highest BCUT2D eigenvalue weighted by molar-refractivity contribution is 7.92. The molecule has 6 rings (SSSR count). The van der Waals surface area contributed by atoms with Crippen LogP contribution in [0.5, 0.6) is 0 Å². The molecule has 0 spiro atoms. The molecule has 3 fully saturated rings. The molecule has 0 unspecified atom stereocenters. The Bertz CT molecular complexity index is 1380. The highest BCUT2D eigenvalue weighted by atomic mass is 32.2. The Morgan fingerprint density at radius 1 is 1.11 bits per heavy atom. The zero-order chi connectivity index (χ0) is 26.8. The Labute approximate surface area is 221 Å². The first-order valence-corrected chi connectivity index (χ1v) is 15.0. The Morgan fingerprint density at radius 3 is 2.53 bits per heavy atom. The van der Waals surface area contributed by atoms with Crippen LogP contribution in [0.2, 0.25) is 0 Å². The summed E-state index contributed by atoms with van der Waals surface area (Å²) in [5.41, 5.74) is 2.85. The lowest BCUT2D eigenvalue weighted by Crippen LogP contribution is -2.47. The minimum Gasteiger partial charge on any atom is -0.390 e. The van der Waals surface area contributed by atoms with Crippen LogP contribution in [0.25, 0.3) is 0 Å². The van der Waals surface area contributed by atoms with Crippen molar-refractivity contribution in [1.29, 1.82) is 0 Å². The lowest BCUT2D eigenvalue weighted by atomic mass is 10.0. The third-order valence-corrected chi connectivity index (χ3v) is 11.2. The number of halogens is 1. The predicted octanol–water partition coefficient (Wildman–Crippen LogP) is 1.86. The number of sulfone groups is 1. The van der Waals surface area contributed by atoms with Gasteiger partial charge < -0.3 is 14.9 Å². The number of alkyl halides is 1. The average Bonchev–Trinajstić information content (AvgIpc) is 3.43. The van der Waals surface area contributed by atoms with Gasteiger partial charge in [-0.2, -0.15) is 5.10 Å². The van der Waals surface area contributed by atoms with Gasteiger partial charge >= 0.3 is 0 Å². The molecular formula is C27H33FN4O5S. The number of aliphatic hydroxyl groups excluding tert-OH is 1. The van der Waals surface area contributed by atoms with E-state index in [1.165, 1.54) is 4.90 Å². The van der Waals surface area contributed by atoms with Gasteiger partial charge in [0.1, 0.15) is 12.7 Å². The molecule has 0 bridgehead atoms. The van der Waals surface area contributed by atoms with E-state index in [0.717, 1.165) is 29.7 Å². The lowest BCUT2D eigenvalue weighted by Gasteiger charge is -2.32. The van der Waals surface area contributed by atoms with Crippen molar-refractivity contribution in [3.63, 3.8) is 0 Å². The Balaban J connectivity index is 1.14. The molecule has 38 heavy (non-hydrogen) atoms. The molecule has 1 saturated carbocycles. The Morgan fingerprint density at radius 2 is 1.82 bits per heavy atom. The summed E-state index contributed by atoms with van der Waals surface area (Å²) in [6.07, 6.45) is 0.182. The van der Waals surface area contributed by atoms with Crippen molar-refractivity contribution in [2.75, 3.05) is 26.2 Å². The summed E-state index contributed by atoms with van der Waals surface area (Å²) in [5, 5.41) is 13.7. The normalized spacial score (nSPS) is 27.2. The summed E-state index contributed by atoms with van der Waals surface area (Å²) in [7, 11) is -3.47. The van der Waals surface area contributed by atoms with Crippen LogP contribution >= 0.6 is 0 Å². The van der Waals surface area contributed by atoms with Crippen molar-refractivity contribution >= 4 is 21.7 Å². The van der Waals surface area contributed by atoms with Crippen molar-refractivity contribution < 1.29 is 27.5 Å². The van der Waals surface area contributed by atoms with E-state index in [2.05, 4.69) is 5.10 Å². The molecule has 1 aromatic heterocycles. The summed E-state index contributed by atoms with van der Waals surface area (Å²) in [6, 6.07) is 6.98. The zero-order valence-electron chi connectivity index (χ0n) is 21.4. The van der Waals surface area contributed by atoms with Crippen LogP contribution in [0.4, 0.5) is 4.39 Å². The number of piperidine rings is 2. The molecule has 1 N–H and O–H groups in total. The molecular weight excluding hydrogens is 511 g/mol. The van der Waals surface area contributed by atoms with Gasteiger partial charge in [0.15, 0.2) is 15.5 Å². The van der Waals surface area contributed by atoms with Crippen molar-refractivity contribution in [3.05, 3.63) is 46.8 Å². The smallest absolute Gasteiger partial charge is 0.274 e. The summed E-state index contributed by atoms with van der Waals surface area (Å²) in [6.45, 7) is 2.60. The molecule has 9 nitrogen and oxygen atoms in total. The van der Waals surface area contributed by atoms with Crippen LogP contribution in [-0.4, -0.2) is 88.6 Å². The minimum atomic E-state index is -3.47. The van der Waals surface area contributed by atoms with E-state index in [1.54, 1.807) is 34.7 Å². The highest BCUT2D eigenvalue weighted by Crippen LogP contribution is 2.57. The number of carbonyl (C=O) groups excluding carboxylic acids is 2. The molecule has 2 saturated heterocycles. The average molecular weight is 545 g/mol. The van der Waals surface area contributed by atoms with E-state index >= 15 is 0 Å². The van der Waals surface area contributed by atoms with Crippen LogP contribution in [-0.2, 0) is 27.6 Å². The number of likely N-dealkylation sites (tertiary alicyclic amines) is 2. The van der Waals surface area contributed by atoms with Gasteiger partial charge in [-0.15, -0.1) is 0 Å². The molecule has 2 amide bonds. The molecule has 0 radical (unpaired) electrons. The molecule has 4 atom stereocenters. The monoisotopic (exact) mass is 544 g/mol. The van der Waals surface area contributed by atoms with E-state index < -0.39 is 27.4 Å². The number of carbonyl (C=O) groups is 2. The standard InChI is InChI=1S/C27H33FN4O5S/c1-16-4-2-3-5-23(16)38(36,37)18-6-9-30(10-7-18)24(34)15-32-21-13-17-12-19(17)25(21)26(29-32)27(35)31-11-8-22(33)20(28)14-31/h2-5,17-20,22,33H,6-15H2,1H3/t17-,19-,20-,22+/m1/s1. The van der Waals surface area contributed by atoms with Gasteiger partial charge in [-0.25, -0.2) is 12.8 Å². The van der Waals surface area contributed by atoms with E-state index in [0.29, 0.717) is 42.4 Å². The van der Waals surface area contributed by atoms with Gasteiger partial charge in [0.05, 0.1) is 22.8 Å². The van der Waals surface area contributed by atoms with Gasteiger partial charge in [0.25, 0.3) is 5.91 Å². The first kappa shape index (κ1) is 25.5. The van der Waals surface area contributed by atoms with Crippen LogP contribution in [0.1, 0.15) is 58.9 Å². The number of hydrogen-bond donors (Lipinski definition) is 1. The summed E-state index contributed by atoms with van der Waals surface area (Å²) >= 11 is 0. The fraction of sp³-hybridized carbons (Fsp3) is 0.593. The van der Waals surface area contributed by atoms with Gasteiger partial charge in [-0.3, -0.25) is 14.3 Å². The molecule has 11 heteroatoms. The quantitative estimate of drug-likeness (QED) is 0.615. The number of nitrogens with zero attached hydrogens (tertiary/aromatic N) is 4. The molecule has 2 aliphatic heterocycles. The van der Waals surface area contributed by atoms with E-state index in [1.807, 2.05) is 6.07 Å². The number of fused-ring (bicyclic) bond motifs is 3. The fourth-order valence-electron chi connectivity index (χ4n) is 6.40. The van der Waals surface area contributed by atoms with Crippen LogP contribution < -0.4 is 0 Å². The predicted molar refractivity (Wildman–Crippen MR) is 136 cm³/mol. The fourth-order valence-corrected chi connectivity index (χ4v) is 8.38. The Hall–Kier alpha value is -2.79. The van der Waals surface area contributed by atoms with Gasteiger partial charge in [-0.05, 0) is 62.5 Å². The van der Waals surface area contributed by atoms with Crippen molar-refractivity contribution in [2.24, 2.45) is 5.92 Å². The minimum absolute atomic E-state index is 0.00524. The Kier molecular flexibility index (Phi) is 6.33. The molecule has 3 heterocycles. The van der Waals surface area contributed by atoms with Crippen molar-refractivity contribution in [1.82, 2.24) is 19.6 Å². The van der Waals surface area contributed by atoms with E-state index in [4.69, 9.17) is 0 Å². The van der Waals surface area contributed by atoms with E-state index in [9.17, 15) is 27.5 Å². The maximum absolute atomic E-state index is 14.1. The second kappa shape index (κ2) is 9.44.